The summed E-state index contributed by atoms with van der Waals surface area (Å²) in [4.78, 5) is 5.17. The van der Waals surface area contributed by atoms with Gasteiger partial charge in [0, 0.05) is 16.3 Å². The van der Waals surface area contributed by atoms with Crippen molar-refractivity contribution in [3.63, 3.8) is 0 Å². The van der Waals surface area contributed by atoms with E-state index in [9.17, 15) is 0 Å². The number of hydrogen-bond acceptors (Lipinski definition) is 4. The first-order valence-electron chi connectivity index (χ1n) is 11.3. The van der Waals surface area contributed by atoms with E-state index in [4.69, 9.17) is 19.6 Å². The molecule has 0 spiro atoms. The number of fused-ring (bicyclic) bond motifs is 3. The van der Waals surface area contributed by atoms with Crippen molar-refractivity contribution in [2.45, 2.75) is 26.3 Å². The van der Waals surface area contributed by atoms with Crippen LogP contribution in [0.1, 0.15) is 24.6 Å². The number of nitrogens with zero attached hydrogens (tertiary/aromatic N) is 3. The van der Waals surface area contributed by atoms with Gasteiger partial charge in [0.1, 0.15) is 5.69 Å². The van der Waals surface area contributed by atoms with Gasteiger partial charge in [0.15, 0.2) is 17.1 Å². The van der Waals surface area contributed by atoms with Crippen LogP contribution in [0.15, 0.2) is 72.8 Å². The number of hydrogen-bond donors (Lipinski definition) is 0. The fourth-order valence-electron chi connectivity index (χ4n) is 4.42. The van der Waals surface area contributed by atoms with Gasteiger partial charge < -0.3 is 9.47 Å². The third-order valence-electron chi connectivity index (χ3n) is 5.98. The highest BCUT2D eigenvalue weighted by Gasteiger charge is 2.21. The number of aryl methyl sites for hydroxylation is 1. The van der Waals surface area contributed by atoms with Crippen molar-refractivity contribution < 1.29 is 9.47 Å². The predicted molar refractivity (Wildman–Crippen MR) is 133 cm³/mol. The Hall–Kier alpha value is -3.86. The summed E-state index contributed by atoms with van der Waals surface area (Å²) in [5, 5.41) is 8.29. The van der Waals surface area contributed by atoms with Crippen molar-refractivity contribution in [2.75, 3.05) is 14.2 Å². The normalized spacial score (nSPS) is 11.2. The fraction of sp³-hybridized carbons (Fsp3) is 0.214. The lowest BCUT2D eigenvalue weighted by Gasteiger charge is -2.13. The molecule has 5 aromatic rings. The van der Waals surface area contributed by atoms with Gasteiger partial charge in [-0.3, -0.25) is 0 Å². The summed E-state index contributed by atoms with van der Waals surface area (Å²) in [6, 6.07) is 24.8. The van der Waals surface area contributed by atoms with E-state index in [0.717, 1.165) is 51.6 Å². The molecule has 0 saturated heterocycles. The van der Waals surface area contributed by atoms with E-state index in [0.29, 0.717) is 18.0 Å². The second-order valence-corrected chi connectivity index (χ2v) is 8.12. The summed E-state index contributed by atoms with van der Waals surface area (Å²) in [6.07, 6.45) is 1.87. The van der Waals surface area contributed by atoms with Crippen LogP contribution in [0.2, 0.25) is 0 Å². The Bertz CT molecular complexity index is 1410. The quantitative estimate of drug-likeness (QED) is 0.301. The van der Waals surface area contributed by atoms with E-state index in [-0.39, 0.29) is 0 Å². The first-order valence-corrected chi connectivity index (χ1v) is 11.3. The SMILES string of the molecule is CCCc1nc2c(c(-c3ccccc3)nn2Cc2ccccc2)c2cc(OC)c(OC)cc12. The highest BCUT2D eigenvalue weighted by Crippen LogP contribution is 2.40. The molecular formula is C28H27N3O2. The van der Waals surface area contributed by atoms with E-state index in [2.05, 4.69) is 55.5 Å². The van der Waals surface area contributed by atoms with Crippen molar-refractivity contribution in [1.82, 2.24) is 14.8 Å². The van der Waals surface area contributed by atoms with Crippen LogP contribution in [0, 0.1) is 0 Å². The molecule has 0 bridgehead atoms. The Morgan fingerprint density at radius 3 is 2.09 bits per heavy atom. The Morgan fingerprint density at radius 2 is 1.45 bits per heavy atom. The monoisotopic (exact) mass is 437 g/mol. The number of pyridine rings is 1. The molecule has 0 saturated carbocycles. The summed E-state index contributed by atoms with van der Waals surface area (Å²) >= 11 is 0. The maximum Gasteiger partial charge on any atom is 0.161 e. The van der Waals surface area contributed by atoms with Crippen molar-refractivity contribution in [3.05, 3.63) is 84.1 Å². The molecule has 33 heavy (non-hydrogen) atoms. The highest BCUT2D eigenvalue weighted by molar-refractivity contribution is 6.12. The topological polar surface area (TPSA) is 49.2 Å². The van der Waals surface area contributed by atoms with Crippen molar-refractivity contribution in [3.8, 4) is 22.8 Å². The Kier molecular flexibility index (Phi) is 5.69. The minimum atomic E-state index is 0.654. The van der Waals surface area contributed by atoms with Crippen LogP contribution in [0.5, 0.6) is 11.5 Å². The predicted octanol–water partition coefficient (Wildman–Crippen LogP) is 6.27. The number of methoxy groups -OCH3 is 2. The zero-order valence-electron chi connectivity index (χ0n) is 19.2. The number of aromatic nitrogens is 3. The van der Waals surface area contributed by atoms with Crippen LogP contribution in [0.3, 0.4) is 0 Å². The molecule has 0 unspecified atom stereocenters. The van der Waals surface area contributed by atoms with Gasteiger partial charge in [-0.15, -0.1) is 0 Å². The molecule has 0 aliphatic rings. The van der Waals surface area contributed by atoms with E-state index >= 15 is 0 Å². The molecule has 2 heterocycles. The third kappa shape index (κ3) is 3.80. The molecule has 0 N–H and O–H groups in total. The maximum absolute atomic E-state index is 5.67. The molecule has 5 rings (SSSR count). The van der Waals surface area contributed by atoms with E-state index in [1.807, 2.05) is 28.9 Å². The van der Waals surface area contributed by atoms with E-state index in [1.165, 1.54) is 5.56 Å². The molecule has 0 fully saturated rings. The number of ether oxygens (including phenoxy) is 2. The van der Waals surface area contributed by atoms with Gasteiger partial charge in [-0.1, -0.05) is 74.0 Å². The first-order chi connectivity index (χ1) is 16.2. The van der Waals surface area contributed by atoms with Crippen LogP contribution in [0.25, 0.3) is 33.1 Å². The van der Waals surface area contributed by atoms with Crippen molar-refractivity contribution >= 4 is 21.8 Å². The summed E-state index contributed by atoms with van der Waals surface area (Å²) in [7, 11) is 3.34. The summed E-state index contributed by atoms with van der Waals surface area (Å²) in [5.41, 5.74) is 5.12. The van der Waals surface area contributed by atoms with Gasteiger partial charge in [-0.2, -0.15) is 5.10 Å². The summed E-state index contributed by atoms with van der Waals surface area (Å²) in [6.45, 7) is 2.83. The minimum absolute atomic E-state index is 0.654. The molecule has 0 atom stereocenters. The average molecular weight is 438 g/mol. The zero-order valence-corrected chi connectivity index (χ0v) is 19.2. The van der Waals surface area contributed by atoms with Crippen molar-refractivity contribution in [2.24, 2.45) is 0 Å². The minimum Gasteiger partial charge on any atom is -0.493 e. The highest BCUT2D eigenvalue weighted by atomic mass is 16.5. The van der Waals surface area contributed by atoms with Gasteiger partial charge in [0.05, 0.1) is 31.8 Å². The molecule has 2 aromatic heterocycles. The zero-order chi connectivity index (χ0) is 22.8. The smallest absolute Gasteiger partial charge is 0.161 e. The lowest BCUT2D eigenvalue weighted by molar-refractivity contribution is 0.356. The molecule has 3 aromatic carbocycles. The van der Waals surface area contributed by atoms with Crippen LogP contribution in [0.4, 0.5) is 0 Å². The van der Waals surface area contributed by atoms with Crippen LogP contribution >= 0.6 is 0 Å². The first kappa shape index (κ1) is 21.0. The Morgan fingerprint density at radius 1 is 0.818 bits per heavy atom. The van der Waals surface area contributed by atoms with Crippen LogP contribution < -0.4 is 9.47 Å². The molecule has 5 heteroatoms. The molecular weight excluding hydrogens is 410 g/mol. The molecule has 5 nitrogen and oxygen atoms in total. The average Bonchev–Trinajstić information content (AvgIpc) is 3.22. The summed E-state index contributed by atoms with van der Waals surface area (Å²) < 4.78 is 13.3. The van der Waals surface area contributed by atoms with Gasteiger partial charge in [0.25, 0.3) is 0 Å². The fourth-order valence-corrected chi connectivity index (χ4v) is 4.42. The molecule has 0 aliphatic heterocycles. The second-order valence-electron chi connectivity index (χ2n) is 8.12. The standard InChI is InChI=1S/C28H27N3O2/c1-4-11-23-21-16-24(32-2)25(33-3)17-22(21)26-27(20-14-9-6-10-15-20)30-31(28(26)29-23)18-19-12-7-5-8-13-19/h5-10,12-17H,4,11,18H2,1-3H3. The maximum atomic E-state index is 5.67. The Balaban J connectivity index is 1.87. The summed E-state index contributed by atoms with van der Waals surface area (Å²) in [5.74, 6) is 1.41. The van der Waals surface area contributed by atoms with E-state index in [1.54, 1.807) is 14.2 Å². The number of benzene rings is 3. The van der Waals surface area contributed by atoms with Gasteiger partial charge in [-0.05, 0) is 24.1 Å². The largest absolute Gasteiger partial charge is 0.493 e. The number of rotatable bonds is 7. The molecule has 0 radical (unpaired) electrons. The Labute approximate surface area is 193 Å². The van der Waals surface area contributed by atoms with Crippen molar-refractivity contribution in [1.29, 1.82) is 0 Å². The van der Waals surface area contributed by atoms with Gasteiger partial charge in [0.2, 0.25) is 0 Å². The second kappa shape index (κ2) is 8.94. The third-order valence-corrected chi connectivity index (χ3v) is 5.98. The van der Waals surface area contributed by atoms with Crippen LogP contribution in [-0.4, -0.2) is 29.0 Å². The molecule has 166 valence electrons. The lowest BCUT2D eigenvalue weighted by atomic mass is 10.00. The lowest BCUT2D eigenvalue weighted by Crippen LogP contribution is -2.04. The van der Waals surface area contributed by atoms with Crippen LogP contribution in [-0.2, 0) is 13.0 Å². The van der Waals surface area contributed by atoms with Gasteiger partial charge in [-0.25, -0.2) is 9.67 Å². The molecule has 0 aliphatic carbocycles. The van der Waals surface area contributed by atoms with Gasteiger partial charge >= 0.3 is 0 Å². The molecule has 0 amide bonds. The van der Waals surface area contributed by atoms with E-state index < -0.39 is 0 Å².